The average molecular weight is 756 g/mol. The minimum Gasteiger partial charge on any atom is -0.463 e. The van der Waals surface area contributed by atoms with Crippen molar-refractivity contribution in [2.75, 3.05) is 18.5 Å². The largest absolute Gasteiger partial charge is 0.463 e. The van der Waals surface area contributed by atoms with Crippen LogP contribution in [0.3, 0.4) is 0 Å². The van der Waals surface area contributed by atoms with E-state index in [0.717, 1.165) is 48.5 Å². The van der Waals surface area contributed by atoms with Crippen LogP contribution in [0.1, 0.15) is 48.5 Å². The SMILES string of the molecule is CC(=O)N[C@@H]1[C@@H](OC(C)=O)[C@H](O[C@@H]2O[C@H](COC(C)=O)[C@H](OC(C)=O)[C@H](OC(C)=O)[C@H]2OC(C)=O)[C@@H](COC(C)=O)O[C@H]1NC(=O)CBr. The zero-order valence-electron chi connectivity index (χ0n) is 27.2. The van der Waals surface area contributed by atoms with Gasteiger partial charge in [-0.15, -0.1) is 0 Å². The number of ether oxygens (including phenoxy) is 9. The van der Waals surface area contributed by atoms with Gasteiger partial charge in [0.15, 0.2) is 36.9 Å². The summed E-state index contributed by atoms with van der Waals surface area (Å²) < 4.78 is 50.4. The summed E-state index contributed by atoms with van der Waals surface area (Å²) in [6.45, 7) is 6.37. The van der Waals surface area contributed by atoms with Gasteiger partial charge in [-0.3, -0.25) is 38.4 Å². The van der Waals surface area contributed by atoms with Gasteiger partial charge >= 0.3 is 35.8 Å². The molecule has 0 spiro atoms. The van der Waals surface area contributed by atoms with Crippen LogP contribution in [-0.2, 0) is 81.0 Å². The lowest BCUT2D eigenvalue weighted by Crippen LogP contribution is -2.71. The number of esters is 6. The molecule has 2 amide bonds. The molecule has 48 heavy (non-hydrogen) atoms. The molecule has 2 N–H and O–H groups in total. The third-order valence-electron chi connectivity index (χ3n) is 6.48. The Bertz CT molecular complexity index is 1230. The summed E-state index contributed by atoms with van der Waals surface area (Å²) in [5.74, 6) is -6.29. The van der Waals surface area contributed by atoms with Gasteiger partial charge in [-0.25, -0.2) is 0 Å². The van der Waals surface area contributed by atoms with Gasteiger partial charge < -0.3 is 53.3 Å². The van der Waals surface area contributed by atoms with Crippen molar-refractivity contribution in [3.8, 4) is 0 Å². The third kappa shape index (κ3) is 12.3. The van der Waals surface area contributed by atoms with E-state index in [9.17, 15) is 38.4 Å². The van der Waals surface area contributed by atoms with Crippen LogP contribution in [0.4, 0.5) is 0 Å². The summed E-state index contributed by atoms with van der Waals surface area (Å²) in [6, 6.07) is -1.33. The lowest BCUT2D eigenvalue weighted by molar-refractivity contribution is -0.339. The molecular formula is C28H39BrN2O17. The van der Waals surface area contributed by atoms with Gasteiger partial charge in [-0.05, 0) is 0 Å². The van der Waals surface area contributed by atoms with E-state index < -0.39 is 122 Å². The second-order valence-corrected chi connectivity index (χ2v) is 11.1. The second-order valence-electron chi connectivity index (χ2n) is 10.6. The fourth-order valence-electron chi connectivity index (χ4n) is 4.94. The first-order valence-electron chi connectivity index (χ1n) is 14.5. The summed E-state index contributed by atoms with van der Waals surface area (Å²) in [7, 11) is 0. The van der Waals surface area contributed by atoms with Crippen molar-refractivity contribution >= 4 is 63.6 Å². The molecule has 10 atom stereocenters. The van der Waals surface area contributed by atoms with E-state index in [1.807, 2.05) is 0 Å². The first-order chi connectivity index (χ1) is 22.4. The quantitative estimate of drug-likeness (QED) is 0.126. The molecule has 0 aromatic heterocycles. The minimum absolute atomic E-state index is 0.183. The van der Waals surface area contributed by atoms with Crippen molar-refractivity contribution in [1.29, 1.82) is 0 Å². The molecular weight excluding hydrogens is 716 g/mol. The van der Waals surface area contributed by atoms with E-state index in [1.54, 1.807) is 0 Å². The Morgan fingerprint density at radius 3 is 1.48 bits per heavy atom. The van der Waals surface area contributed by atoms with Crippen LogP contribution in [0.5, 0.6) is 0 Å². The molecule has 20 heteroatoms. The highest BCUT2D eigenvalue weighted by Gasteiger charge is 2.57. The maximum absolute atomic E-state index is 12.4. The number of amides is 2. The van der Waals surface area contributed by atoms with Crippen molar-refractivity contribution in [1.82, 2.24) is 10.6 Å². The number of carbonyl (C=O) groups is 8. The van der Waals surface area contributed by atoms with Crippen LogP contribution in [0.2, 0.25) is 0 Å². The number of rotatable bonds is 13. The van der Waals surface area contributed by atoms with E-state index in [1.165, 1.54) is 0 Å². The highest BCUT2D eigenvalue weighted by atomic mass is 79.9. The van der Waals surface area contributed by atoms with E-state index >= 15 is 0 Å². The molecule has 0 aromatic carbocycles. The summed E-state index contributed by atoms with van der Waals surface area (Å²) in [4.78, 5) is 97.2. The van der Waals surface area contributed by atoms with Crippen molar-refractivity contribution in [3.05, 3.63) is 0 Å². The molecule has 0 radical (unpaired) electrons. The Kier molecular flexibility index (Phi) is 15.6. The Morgan fingerprint density at radius 1 is 0.562 bits per heavy atom. The van der Waals surface area contributed by atoms with E-state index in [0.29, 0.717) is 0 Å². The van der Waals surface area contributed by atoms with Gasteiger partial charge in [0.2, 0.25) is 11.8 Å². The van der Waals surface area contributed by atoms with Crippen molar-refractivity contribution < 1.29 is 81.0 Å². The molecule has 2 fully saturated rings. The summed E-state index contributed by atoms with van der Waals surface area (Å²) in [5.41, 5.74) is 0. The molecule has 270 valence electrons. The number of halogens is 1. The zero-order valence-corrected chi connectivity index (χ0v) is 28.8. The van der Waals surface area contributed by atoms with Crippen LogP contribution < -0.4 is 10.6 Å². The highest BCUT2D eigenvalue weighted by molar-refractivity contribution is 9.09. The molecule has 0 saturated carbocycles. The van der Waals surface area contributed by atoms with Gasteiger partial charge in [0.25, 0.3) is 0 Å². The van der Waals surface area contributed by atoms with Crippen LogP contribution in [0, 0.1) is 0 Å². The first kappa shape index (κ1) is 40.3. The van der Waals surface area contributed by atoms with Crippen LogP contribution in [0.15, 0.2) is 0 Å². The monoisotopic (exact) mass is 754 g/mol. The molecule has 19 nitrogen and oxygen atoms in total. The maximum Gasteiger partial charge on any atom is 0.303 e. The molecule has 2 aliphatic rings. The minimum atomic E-state index is -1.79. The van der Waals surface area contributed by atoms with Gasteiger partial charge in [0.1, 0.15) is 37.6 Å². The molecule has 0 aliphatic carbocycles. The Labute approximate surface area is 283 Å². The van der Waals surface area contributed by atoms with Gasteiger partial charge in [0.05, 0.1) is 5.33 Å². The van der Waals surface area contributed by atoms with Gasteiger partial charge in [-0.1, -0.05) is 15.9 Å². The van der Waals surface area contributed by atoms with Crippen molar-refractivity contribution in [2.24, 2.45) is 0 Å². The Hall–Kier alpha value is -3.88. The number of hydrogen-bond donors (Lipinski definition) is 2. The number of alkyl halides is 1. The highest BCUT2D eigenvalue weighted by Crippen LogP contribution is 2.34. The molecule has 2 aliphatic heterocycles. The smallest absolute Gasteiger partial charge is 0.303 e. The molecule has 2 heterocycles. The number of nitrogens with one attached hydrogen (secondary N) is 2. The lowest BCUT2D eigenvalue weighted by atomic mass is 9.94. The predicted molar refractivity (Wildman–Crippen MR) is 157 cm³/mol. The summed E-state index contributed by atoms with van der Waals surface area (Å²) in [5, 5.41) is 4.89. The van der Waals surface area contributed by atoms with Gasteiger partial charge in [-0.2, -0.15) is 0 Å². The Morgan fingerprint density at radius 2 is 1.02 bits per heavy atom. The maximum atomic E-state index is 12.4. The standard InChI is InChI=1S/C28H39BrN2O17/c1-11(32)30-21-24(43-15(5)36)22(18(9-40-12(2)33)46-27(21)31-20(39)8-29)48-28-26(45-17(7)38)25(44-16(6)37)23(42-14(4)35)19(47-28)10-41-13(3)34/h18-19,21-28H,8-10H2,1-7H3,(H,30,32)(H,31,39)/t18-,19-,21-,22-,23+,24-,25+,26-,27-,28+/m1/s1. The zero-order chi connectivity index (χ0) is 36.3. The number of carbonyl (C=O) groups excluding carboxylic acids is 8. The van der Waals surface area contributed by atoms with E-state index in [4.69, 9.17) is 42.6 Å². The summed E-state index contributed by atoms with van der Waals surface area (Å²) >= 11 is 3.02. The van der Waals surface area contributed by atoms with Crippen molar-refractivity contribution in [3.63, 3.8) is 0 Å². The predicted octanol–water partition coefficient (Wildman–Crippen LogP) is -1.31. The van der Waals surface area contributed by atoms with Crippen LogP contribution in [0.25, 0.3) is 0 Å². The molecule has 2 saturated heterocycles. The Balaban J connectivity index is 2.74. The lowest BCUT2D eigenvalue weighted by Gasteiger charge is -2.49. The molecule has 0 unspecified atom stereocenters. The third-order valence-corrected chi connectivity index (χ3v) is 6.99. The van der Waals surface area contributed by atoms with Crippen LogP contribution >= 0.6 is 15.9 Å². The normalized spacial score (nSPS) is 29.7. The van der Waals surface area contributed by atoms with Crippen LogP contribution in [-0.4, -0.2) is 127 Å². The molecule has 0 bridgehead atoms. The fourth-order valence-corrected chi connectivity index (χ4v) is 5.10. The average Bonchev–Trinajstić information content (AvgIpc) is 2.95. The van der Waals surface area contributed by atoms with E-state index in [2.05, 4.69) is 26.6 Å². The topological polar surface area (TPSA) is 244 Å². The van der Waals surface area contributed by atoms with Crippen molar-refractivity contribution in [2.45, 2.75) is 110 Å². The molecule has 2 rings (SSSR count). The first-order valence-corrected chi connectivity index (χ1v) is 15.6. The molecule has 0 aromatic rings. The van der Waals surface area contributed by atoms with E-state index in [-0.39, 0.29) is 5.33 Å². The van der Waals surface area contributed by atoms with Gasteiger partial charge in [0, 0.05) is 48.5 Å². The number of hydrogen-bond acceptors (Lipinski definition) is 17. The summed E-state index contributed by atoms with van der Waals surface area (Å²) in [6.07, 6.45) is -13.8. The second kappa shape index (κ2) is 18.6. The fraction of sp³-hybridized carbons (Fsp3) is 0.714.